The van der Waals surface area contributed by atoms with Crippen LogP contribution in [0.2, 0.25) is 0 Å². The Hall–Kier alpha value is -2.15. The van der Waals surface area contributed by atoms with Crippen LogP contribution < -0.4 is 5.73 Å². The molecule has 1 aliphatic rings. The predicted molar refractivity (Wildman–Crippen MR) is 103 cm³/mol. The molecule has 0 radical (unpaired) electrons. The van der Waals surface area contributed by atoms with Crippen molar-refractivity contribution in [3.8, 4) is 0 Å². The Kier molecular flexibility index (Phi) is 5.18. The van der Waals surface area contributed by atoms with Crippen molar-refractivity contribution >= 4 is 39.1 Å². The molecule has 0 aromatic carbocycles. The van der Waals surface area contributed by atoms with Gasteiger partial charge in [0.15, 0.2) is 6.61 Å². The maximum Gasteiger partial charge on any atom is 0.351 e. The molecule has 1 amide bonds. The number of rotatable bonds is 3. The average molecular weight is 375 g/mol. The lowest BCUT2D eigenvalue weighted by molar-refractivity contribution is -0.140. The number of fused-ring (bicyclic) bond motifs is 1. The summed E-state index contributed by atoms with van der Waals surface area (Å²) in [7, 11) is 0. The van der Waals surface area contributed by atoms with Crippen molar-refractivity contribution in [2.24, 2.45) is 0 Å². The summed E-state index contributed by atoms with van der Waals surface area (Å²) in [5.74, 6) is -0.712. The van der Waals surface area contributed by atoms with E-state index in [1.165, 1.54) is 11.3 Å². The highest BCUT2D eigenvalue weighted by molar-refractivity contribution is 7.21. The maximum atomic E-state index is 12.5. The van der Waals surface area contributed by atoms with Gasteiger partial charge < -0.3 is 15.4 Å². The Morgan fingerprint density at radius 2 is 1.96 bits per heavy atom. The molecular formula is C19H25N3O3S. The molecule has 0 saturated carbocycles. The molecule has 2 atom stereocenters. The van der Waals surface area contributed by atoms with E-state index in [0.717, 1.165) is 40.7 Å². The second-order valence-electron chi connectivity index (χ2n) is 7.11. The van der Waals surface area contributed by atoms with E-state index in [9.17, 15) is 9.59 Å². The summed E-state index contributed by atoms with van der Waals surface area (Å²) in [6.07, 6.45) is 3.09. The van der Waals surface area contributed by atoms with Gasteiger partial charge in [-0.1, -0.05) is 0 Å². The number of hydrogen-bond donors (Lipinski definition) is 1. The summed E-state index contributed by atoms with van der Waals surface area (Å²) < 4.78 is 5.29. The van der Waals surface area contributed by atoms with Crippen LogP contribution in [-0.4, -0.2) is 40.5 Å². The third kappa shape index (κ3) is 3.40. The Bertz CT molecular complexity index is 851. The van der Waals surface area contributed by atoms with Crippen molar-refractivity contribution in [1.29, 1.82) is 0 Å². The second kappa shape index (κ2) is 7.23. The number of carbonyl (C=O) groups excluding carboxylic acids is 2. The fourth-order valence-electron chi connectivity index (χ4n) is 3.80. The lowest BCUT2D eigenvalue weighted by Crippen LogP contribution is -2.49. The van der Waals surface area contributed by atoms with Crippen LogP contribution in [0.5, 0.6) is 0 Å². The van der Waals surface area contributed by atoms with Gasteiger partial charge in [0.1, 0.15) is 9.71 Å². The van der Waals surface area contributed by atoms with E-state index in [0.29, 0.717) is 10.6 Å². The lowest BCUT2D eigenvalue weighted by Gasteiger charge is -2.38. The van der Waals surface area contributed by atoms with Crippen LogP contribution in [0, 0.1) is 13.8 Å². The number of likely N-dealkylation sites (tertiary alicyclic amines) is 1. The fourth-order valence-corrected chi connectivity index (χ4v) is 4.91. The minimum atomic E-state index is -0.562. The molecule has 26 heavy (non-hydrogen) atoms. The number of aromatic nitrogens is 1. The normalized spacial score (nSPS) is 20.4. The van der Waals surface area contributed by atoms with E-state index in [1.54, 1.807) is 0 Å². The van der Waals surface area contributed by atoms with Crippen molar-refractivity contribution in [1.82, 2.24) is 9.88 Å². The van der Waals surface area contributed by atoms with Gasteiger partial charge in [-0.15, -0.1) is 11.3 Å². The van der Waals surface area contributed by atoms with Gasteiger partial charge >= 0.3 is 5.97 Å². The van der Waals surface area contributed by atoms with Crippen LogP contribution in [0.15, 0.2) is 6.07 Å². The van der Waals surface area contributed by atoms with Gasteiger partial charge in [0, 0.05) is 23.2 Å². The molecule has 3 heterocycles. The number of anilines is 1. The Morgan fingerprint density at radius 1 is 1.31 bits per heavy atom. The van der Waals surface area contributed by atoms with Crippen LogP contribution in [0.4, 0.5) is 5.69 Å². The monoisotopic (exact) mass is 375 g/mol. The highest BCUT2D eigenvalue weighted by atomic mass is 32.1. The topological polar surface area (TPSA) is 85.5 Å². The van der Waals surface area contributed by atoms with E-state index in [-0.39, 0.29) is 24.6 Å². The van der Waals surface area contributed by atoms with Crippen molar-refractivity contribution in [3.63, 3.8) is 0 Å². The molecule has 140 valence electrons. The molecule has 7 heteroatoms. The van der Waals surface area contributed by atoms with E-state index in [1.807, 2.05) is 38.7 Å². The number of piperidine rings is 1. The molecule has 1 saturated heterocycles. The number of nitrogens with two attached hydrogens (primary N) is 1. The van der Waals surface area contributed by atoms with E-state index in [4.69, 9.17) is 10.5 Å². The molecular weight excluding hydrogens is 350 g/mol. The fraction of sp³-hybridized carbons (Fsp3) is 0.526. The quantitative estimate of drug-likeness (QED) is 0.831. The molecule has 0 bridgehead atoms. The number of ether oxygens (including phenoxy) is 1. The third-order valence-electron chi connectivity index (χ3n) is 5.02. The zero-order valence-electron chi connectivity index (χ0n) is 15.7. The zero-order valence-corrected chi connectivity index (χ0v) is 16.5. The minimum absolute atomic E-state index is 0.150. The highest BCUT2D eigenvalue weighted by Crippen LogP contribution is 2.35. The Morgan fingerprint density at radius 3 is 2.62 bits per heavy atom. The number of pyridine rings is 1. The van der Waals surface area contributed by atoms with Crippen molar-refractivity contribution in [3.05, 3.63) is 22.2 Å². The summed E-state index contributed by atoms with van der Waals surface area (Å²) in [6.45, 7) is 7.66. The first kappa shape index (κ1) is 18.6. The molecule has 2 unspecified atom stereocenters. The molecule has 2 N–H and O–H groups in total. The smallest absolute Gasteiger partial charge is 0.351 e. The van der Waals surface area contributed by atoms with Gasteiger partial charge in [0.25, 0.3) is 5.91 Å². The largest absolute Gasteiger partial charge is 0.451 e. The predicted octanol–water partition coefficient (Wildman–Crippen LogP) is 3.44. The molecule has 3 rings (SSSR count). The molecule has 2 aromatic heterocycles. The Balaban J connectivity index is 1.74. The molecule has 0 aliphatic carbocycles. The van der Waals surface area contributed by atoms with Crippen molar-refractivity contribution < 1.29 is 14.3 Å². The summed E-state index contributed by atoms with van der Waals surface area (Å²) in [6, 6.07) is 2.28. The van der Waals surface area contributed by atoms with Gasteiger partial charge in [0.2, 0.25) is 0 Å². The molecule has 6 nitrogen and oxygen atoms in total. The standard InChI is InChI=1S/C19H25N3O3S/c1-10-8-11(2)21-18-15(10)16(20)17(26-18)19(24)25-9-14(23)22-12(3)6-5-7-13(22)4/h8,12-13H,5-7,9,20H2,1-4H3. The summed E-state index contributed by atoms with van der Waals surface area (Å²) in [4.78, 5) is 32.3. The number of thiophene rings is 1. The average Bonchev–Trinajstić information content (AvgIpc) is 2.89. The first-order chi connectivity index (χ1) is 12.3. The second-order valence-corrected chi connectivity index (χ2v) is 8.11. The molecule has 2 aromatic rings. The SMILES string of the molecule is Cc1cc(C)c2c(N)c(C(=O)OCC(=O)N3C(C)CCCC3C)sc2n1. The number of nitrogen functional groups attached to an aromatic ring is 1. The minimum Gasteiger partial charge on any atom is -0.451 e. The number of carbonyl (C=O) groups is 2. The third-order valence-corrected chi connectivity index (χ3v) is 6.10. The van der Waals surface area contributed by atoms with Crippen molar-refractivity contribution in [2.75, 3.05) is 12.3 Å². The molecule has 1 aliphatic heterocycles. The Labute approximate surface area is 157 Å². The summed E-state index contributed by atoms with van der Waals surface area (Å²) in [5.41, 5.74) is 8.39. The van der Waals surface area contributed by atoms with Gasteiger partial charge in [0.05, 0.1) is 5.69 Å². The molecule has 1 fully saturated rings. The highest BCUT2D eigenvalue weighted by Gasteiger charge is 2.30. The van der Waals surface area contributed by atoms with E-state index < -0.39 is 5.97 Å². The van der Waals surface area contributed by atoms with Crippen LogP contribution in [0.25, 0.3) is 10.2 Å². The van der Waals surface area contributed by atoms with Gasteiger partial charge in [-0.2, -0.15) is 0 Å². The van der Waals surface area contributed by atoms with Crippen LogP contribution in [0.3, 0.4) is 0 Å². The van der Waals surface area contributed by atoms with Crippen LogP contribution in [-0.2, 0) is 9.53 Å². The van der Waals surface area contributed by atoms with Crippen LogP contribution >= 0.6 is 11.3 Å². The molecule has 0 spiro atoms. The zero-order chi connectivity index (χ0) is 19.0. The van der Waals surface area contributed by atoms with Gasteiger partial charge in [-0.3, -0.25) is 4.79 Å². The summed E-state index contributed by atoms with van der Waals surface area (Å²) >= 11 is 1.21. The lowest BCUT2D eigenvalue weighted by atomic mass is 9.97. The summed E-state index contributed by atoms with van der Waals surface area (Å²) in [5, 5.41) is 0.789. The van der Waals surface area contributed by atoms with Gasteiger partial charge in [-0.25, -0.2) is 9.78 Å². The van der Waals surface area contributed by atoms with E-state index in [2.05, 4.69) is 4.98 Å². The van der Waals surface area contributed by atoms with E-state index >= 15 is 0 Å². The van der Waals surface area contributed by atoms with Crippen molar-refractivity contribution in [2.45, 2.75) is 59.0 Å². The number of esters is 1. The maximum absolute atomic E-state index is 12.5. The number of amides is 1. The van der Waals surface area contributed by atoms with Gasteiger partial charge in [-0.05, 0) is 58.6 Å². The first-order valence-electron chi connectivity index (χ1n) is 8.94. The first-order valence-corrected chi connectivity index (χ1v) is 9.75. The number of nitrogens with zero attached hydrogens (tertiary/aromatic N) is 2. The number of aryl methyl sites for hydroxylation is 2. The number of hydrogen-bond acceptors (Lipinski definition) is 6. The van der Waals surface area contributed by atoms with Crippen LogP contribution in [0.1, 0.15) is 54.0 Å².